The predicted octanol–water partition coefficient (Wildman–Crippen LogP) is 1.11. The molecule has 1 aliphatic rings. The van der Waals surface area contributed by atoms with Crippen LogP contribution in [0.5, 0.6) is 0 Å². The molecular formula is C16H38N2O6Si2. The van der Waals surface area contributed by atoms with Crippen LogP contribution in [0.3, 0.4) is 0 Å². The SMILES string of the molecule is CCC(C1CNCCN1C(CC)[Si](OC)(OC)OC)[Si](OC)(OC)OC. The second-order valence-corrected chi connectivity index (χ2v) is 12.7. The average Bonchev–Trinajstić information content (AvgIpc) is 2.71. The lowest BCUT2D eigenvalue weighted by molar-refractivity contribution is 0.0290. The highest BCUT2D eigenvalue weighted by Gasteiger charge is 2.56. The van der Waals surface area contributed by atoms with Gasteiger partial charge in [0.15, 0.2) is 0 Å². The first-order chi connectivity index (χ1) is 12.5. The summed E-state index contributed by atoms with van der Waals surface area (Å²) in [5, 5.41) is 3.52. The van der Waals surface area contributed by atoms with Crippen molar-refractivity contribution in [3.05, 3.63) is 0 Å². The van der Waals surface area contributed by atoms with Crippen LogP contribution in [-0.4, -0.2) is 96.5 Å². The third kappa shape index (κ3) is 4.57. The highest BCUT2D eigenvalue weighted by molar-refractivity contribution is 6.63. The molecule has 0 saturated carbocycles. The van der Waals surface area contributed by atoms with Gasteiger partial charge in [0.25, 0.3) is 0 Å². The summed E-state index contributed by atoms with van der Waals surface area (Å²) in [4.78, 5) is 2.46. The molecule has 1 saturated heterocycles. The smallest absolute Gasteiger partial charge is 0.377 e. The molecule has 1 aliphatic heterocycles. The first kappa shape index (κ1) is 24.2. The molecule has 8 nitrogen and oxygen atoms in total. The Kier molecular flexibility index (Phi) is 10.4. The van der Waals surface area contributed by atoms with E-state index >= 15 is 0 Å². The zero-order valence-corrected chi connectivity index (χ0v) is 19.7. The average molecular weight is 411 g/mol. The maximum absolute atomic E-state index is 5.83. The maximum atomic E-state index is 5.83. The summed E-state index contributed by atoms with van der Waals surface area (Å²) in [6.45, 7) is 6.93. The van der Waals surface area contributed by atoms with Gasteiger partial charge in [0.2, 0.25) is 0 Å². The monoisotopic (exact) mass is 410 g/mol. The molecule has 0 bridgehead atoms. The van der Waals surface area contributed by atoms with E-state index < -0.39 is 17.6 Å². The van der Waals surface area contributed by atoms with Gasteiger partial charge < -0.3 is 31.9 Å². The molecule has 3 atom stereocenters. The number of hydrogen-bond donors (Lipinski definition) is 1. The van der Waals surface area contributed by atoms with E-state index in [2.05, 4.69) is 24.1 Å². The first-order valence-electron chi connectivity index (χ1n) is 9.26. The molecule has 1 rings (SSSR count). The summed E-state index contributed by atoms with van der Waals surface area (Å²) >= 11 is 0. The third-order valence-electron chi connectivity index (χ3n) is 5.59. The summed E-state index contributed by atoms with van der Waals surface area (Å²) in [6.07, 6.45) is 1.76. The summed E-state index contributed by atoms with van der Waals surface area (Å²) in [6, 6.07) is 0.178. The Balaban J connectivity index is 3.29. The molecule has 0 spiro atoms. The van der Waals surface area contributed by atoms with Crippen LogP contribution in [0.4, 0.5) is 0 Å². The molecule has 0 aliphatic carbocycles. The summed E-state index contributed by atoms with van der Waals surface area (Å²) in [5.41, 5.74) is 0.183. The Morgan fingerprint density at radius 1 is 0.846 bits per heavy atom. The molecular weight excluding hydrogens is 372 g/mol. The molecule has 0 radical (unpaired) electrons. The van der Waals surface area contributed by atoms with Gasteiger partial charge in [-0.1, -0.05) is 13.8 Å². The van der Waals surface area contributed by atoms with E-state index in [0.717, 1.165) is 32.5 Å². The number of nitrogens with zero attached hydrogens (tertiary/aromatic N) is 1. The first-order valence-corrected chi connectivity index (χ1v) is 12.9. The van der Waals surface area contributed by atoms with Crippen LogP contribution in [0.1, 0.15) is 26.7 Å². The van der Waals surface area contributed by atoms with Gasteiger partial charge >= 0.3 is 17.6 Å². The van der Waals surface area contributed by atoms with Crippen molar-refractivity contribution in [2.75, 3.05) is 62.3 Å². The van der Waals surface area contributed by atoms with Gasteiger partial charge in [-0.3, -0.25) is 4.90 Å². The fourth-order valence-electron chi connectivity index (χ4n) is 4.31. The Morgan fingerprint density at radius 3 is 1.73 bits per heavy atom. The van der Waals surface area contributed by atoms with Crippen molar-refractivity contribution >= 4 is 17.6 Å². The fourth-order valence-corrected chi connectivity index (χ4v) is 9.54. The lowest BCUT2D eigenvalue weighted by atomic mass is 10.1. The minimum absolute atomic E-state index is 0.0564. The van der Waals surface area contributed by atoms with Gasteiger partial charge in [-0.25, -0.2) is 0 Å². The lowest BCUT2D eigenvalue weighted by Crippen LogP contribution is -2.69. The van der Waals surface area contributed by atoms with Crippen molar-refractivity contribution in [1.82, 2.24) is 10.2 Å². The van der Waals surface area contributed by atoms with Gasteiger partial charge in [-0.2, -0.15) is 0 Å². The minimum atomic E-state index is -2.83. The molecule has 26 heavy (non-hydrogen) atoms. The van der Waals surface area contributed by atoms with E-state index in [0.29, 0.717) is 0 Å². The normalized spacial score (nSPS) is 22.4. The minimum Gasteiger partial charge on any atom is -0.377 e. The van der Waals surface area contributed by atoms with Gasteiger partial charge in [-0.15, -0.1) is 0 Å². The Morgan fingerprint density at radius 2 is 1.35 bits per heavy atom. The van der Waals surface area contributed by atoms with E-state index in [4.69, 9.17) is 26.6 Å². The molecule has 0 aromatic carbocycles. The number of rotatable bonds is 12. The zero-order chi connectivity index (χ0) is 19.8. The van der Waals surface area contributed by atoms with Gasteiger partial charge in [0.05, 0.1) is 5.67 Å². The van der Waals surface area contributed by atoms with Crippen LogP contribution in [0.25, 0.3) is 0 Å². The van der Waals surface area contributed by atoms with Crippen molar-refractivity contribution in [2.24, 2.45) is 0 Å². The number of piperazine rings is 1. The van der Waals surface area contributed by atoms with E-state index in [1.807, 2.05) is 0 Å². The topological polar surface area (TPSA) is 70.7 Å². The van der Waals surface area contributed by atoms with E-state index in [9.17, 15) is 0 Å². The Bertz CT molecular complexity index is 346. The number of hydrogen-bond acceptors (Lipinski definition) is 8. The third-order valence-corrected chi connectivity index (χ3v) is 12.3. The van der Waals surface area contributed by atoms with Gasteiger partial charge in [0, 0.05) is 73.9 Å². The quantitative estimate of drug-likeness (QED) is 0.480. The van der Waals surface area contributed by atoms with Crippen molar-refractivity contribution in [3.8, 4) is 0 Å². The second-order valence-electron chi connectivity index (χ2n) is 6.38. The molecule has 3 unspecified atom stereocenters. The molecule has 1 heterocycles. The second kappa shape index (κ2) is 11.2. The van der Waals surface area contributed by atoms with Crippen LogP contribution in [-0.2, 0) is 26.6 Å². The van der Waals surface area contributed by atoms with E-state index in [1.54, 1.807) is 42.7 Å². The molecule has 1 fully saturated rings. The van der Waals surface area contributed by atoms with Crippen molar-refractivity contribution < 1.29 is 26.6 Å². The van der Waals surface area contributed by atoms with Crippen LogP contribution < -0.4 is 5.32 Å². The van der Waals surface area contributed by atoms with Gasteiger partial charge in [-0.05, 0) is 12.8 Å². The van der Waals surface area contributed by atoms with Crippen molar-refractivity contribution in [1.29, 1.82) is 0 Å². The highest BCUT2D eigenvalue weighted by atomic mass is 28.4. The van der Waals surface area contributed by atoms with E-state index in [1.165, 1.54) is 0 Å². The standard InChI is InChI=1S/C16H38N2O6Si2/c1-9-15(25(19-3,20-4)21-5)14-13-17-11-12-18(14)16(10-2)26(22-6,23-7)24-8/h14-17H,9-13H2,1-8H3. The van der Waals surface area contributed by atoms with Crippen LogP contribution in [0.2, 0.25) is 5.54 Å². The largest absolute Gasteiger partial charge is 0.518 e. The molecule has 0 amide bonds. The fraction of sp³-hybridized carbons (Fsp3) is 1.00. The molecule has 156 valence electrons. The van der Waals surface area contributed by atoms with Crippen LogP contribution >= 0.6 is 0 Å². The molecule has 0 aromatic heterocycles. The maximum Gasteiger partial charge on any atom is 0.518 e. The van der Waals surface area contributed by atoms with Gasteiger partial charge in [0.1, 0.15) is 0 Å². The highest BCUT2D eigenvalue weighted by Crippen LogP contribution is 2.36. The zero-order valence-electron chi connectivity index (χ0n) is 17.7. The van der Waals surface area contributed by atoms with Crippen LogP contribution in [0, 0.1) is 0 Å². The van der Waals surface area contributed by atoms with Crippen molar-refractivity contribution in [2.45, 2.75) is 43.9 Å². The van der Waals surface area contributed by atoms with E-state index in [-0.39, 0.29) is 17.2 Å². The summed E-state index contributed by atoms with van der Waals surface area (Å²) < 4.78 is 34.9. The summed E-state index contributed by atoms with van der Waals surface area (Å²) in [7, 11) is 4.42. The lowest BCUT2D eigenvalue weighted by Gasteiger charge is -2.49. The Labute approximate surface area is 161 Å². The van der Waals surface area contributed by atoms with Crippen LogP contribution in [0.15, 0.2) is 0 Å². The molecule has 1 N–H and O–H groups in total. The molecule has 0 aromatic rings. The predicted molar refractivity (Wildman–Crippen MR) is 105 cm³/mol. The van der Waals surface area contributed by atoms with Crippen molar-refractivity contribution in [3.63, 3.8) is 0 Å². The Hall–Kier alpha value is 0.114. The number of nitrogens with one attached hydrogen (secondary N) is 1. The molecule has 10 heteroatoms. The summed E-state index contributed by atoms with van der Waals surface area (Å²) in [5.74, 6) is 0.